The van der Waals surface area contributed by atoms with Crippen molar-refractivity contribution in [3.8, 4) is 5.75 Å². The van der Waals surface area contributed by atoms with Gasteiger partial charge >= 0.3 is 0 Å². The Morgan fingerprint density at radius 2 is 1.76 bits per heavy atom. The third-order valence-corrected chi connectivity index (χ3v) is 3.60. The van der Waals surface area contributed by atoms with Crippen LogP contribution in [-0.4, -0.2) is 12.6 Å². The fourth-order valence-electron chi connectivity index (χ4n) is 2.50. The lowest BCUT2D eigenvalue weighted by atomic mass is 10.1. The summed E-state index contributed by atoms with van der Waals surface area (Å²) in [4.78, 5) is 0. The fourth-order valence-corrected chi connectivity index (χ4v) is 2.50. The first-order chi connectivity index (χ1) is 9.95. The molecule has 0 fully saturated rings. The summed E-state index contributed by atoms with van der Waals surface area (Å²) in [7, 11) is 0. The normalized spacial score (nSPS) is 14.0. The van der Waals surface area contributed by atoms with Crippen LogP contribution in [0.2, 0.25) is 0 Å². The predicted octanol–water partition coefficient (Wildman–Crippen LogP) is 4.32. The van der Waals surface area contributed by atoms with Crippen molar-refractivity contribution in [2.24, 2.45) is 0 Å². The molecule has 1 heterocycles. The molecule has 0 aliphatic carbocycles. The molecule has 3 heteroatoms. The number of ether oxygens (including phenoxy) is 1. The molecule has 0 spiro atoms. The van der Waals surface area contributed by atoms with Gasteiger partial charge in [-0.2, -0.15) is 0 Å². The van der Waals surface area contributed by atoms with Gasteiger partial charge in [0.25, 0.3) is 0 Å². The molecule has 0 saturated heterocycles. The van der Waals surface area contributed by atoms with Crippen molar-refractivity contribution in [1.82, 2.24) is 5.32 Å². The molecule has 0 aliphatic rings. The molecule has 2 rings (SSSR count). The first kappa shape index (κ1) is 15.6. The first-order valence-electron chi connectivity index (χ1n) is 7.48. The van der Waals surface area contributed by atoms with Crippen molar-refractivity contribution in [2.75, 3.05) is 6.61 Å². The maximum absolute atomic E-state index is 5.81. The third kappa shape index (κ3) is 4.36. The Balaban J connectivity index is 1.85. The minimum atomic E-state index is 0.249. The minimum Gasteiger partial charge on any atom is -0.492 e. The number of rotatable bonds is 6. The van der Waals surface area contributed by atoms with E-state index in [0.717, 1.165) is 17.3 Å². The van der Waals surface area contributed by atoms with E-state index in [1.54, 1.807) is 0 Å². The van der Waals surface area contributed by atoms with Gasteiger partial charge in [0, 0.05) is 17.6 Å². The smallest absolute Gasteiger partial charge is 0.119 e. The summed E-state index contributed by atoms with van der Waals surface area (Å²) in [5.41, 5.74) is 2.46. The largest absolute Gasteiger partial charge is 0.492 e. The van der Waals surface area contributed by atoms with E-state index < -0.39 is 0 Å². The highest BCUT2D eigenvalue weighted by molar-refractivity contribution is 5.26. The van der Waals surface area contributed by atoms with Crippen LogP contribution in [0.4, 0.5) is 0 Å². The van der Waals surface area contributed by atoms with Crippen LogP contribution in [-0.2, 0) is 0 Å². The topological polar surface area (TPSA) is 34.4 Å². The fraction of sp³-hybridized carbons (Fsp3) is 0.444. The highest BCUT2D eigenvalue weighted by Crippen LogP contribution is 2.21. The first-order valence-corrected chi connectivity index (χ1v) is 7.48. The minimum absolute atomic E-state index is 0.249. The number of nitrogens with one attached hydrogen (secondary N) is 1. The second-order valence-corrected chi connectivity index (χ2v) is 5.78. The molecule has 21 heavy (non-hydrogen) atoms. The van der Waals surface area contributed by atoms with Crippen LogP contribution in [0.5, 0.6) is 5.75 Å². The molecule has 0 bridgehead atoms. The molecule has 2 unspecified atom stereocenters. The van der Waals surface area contributed by atoms with Crippen LogP contribution in [0.3, 0.4) is 0 Å². The second kappa shape index (κ2) is 6.81. The van der Waals surface area contributed by atoms with Gasteiger partial charge in [-0.05, 0) is 52.8 Å². The number of hydrogen-bond donors (Lipinski definition) is 1. The number of benzene rings is 1. The van der Waals surface area contributed by atoms with Crippen LogP contribution >= 0.6 is 0 Å². The molecule has 0 radical (unpaired) electrons. The van der Waals surface area contributed by atoms with Crippen molar-refractivity contribution in [1.29, 1.82) is 0 Å². The van der Waals surface area contributed by atoms with Gasteiger partial charge in [0.15, 0.2) is 0 Å². The molecule has 2 atom stereocenters. The van der Waals surface area contributed by atoms with E-state index >= 15 is 0 Å². The highest BCUT2D eigenvalue weighted by Gasteiger charge is 2.15. The van der Waals surface area contributed by atoms with Crippen LogP contribution < -0.4 is 10.1 Å². The lowest BCUT2D eigenvalue weighted by Crippen LogP contribution is -2.34. The predicted molar refractivity (Wildman–Crippen MR) is 85.9 cm³/mol. The lowest BCUT2D eigenvalue weighted by molar-refractivity contribution is 0.263. The zero-order valence-corrected chi connectivity index (χ0v) is 13.6. The molecule has 114 valence electrons. The van der Waals surface area contributed by atoms with Crippen molar-refractivity contribution < 1.29 is 9.15 Å². The maximum atomic E-state index is 5.81. The van der Waals surface area contributed by atoms with E-state index in [2.05, 4.69) is 44.3 Å². The number of hydrogen-bond acceptors (Lipinski definition) is 3. The zero-order valence-electron chi connectivity index (χ0n) is 13.6. The van der Waals surface area contributed by atoms with E-state index in [-0.39, 0.29) is 12.1 Å². The summed E-state index contributed by atoms with van der Waals surface area (Å²) in [6, 6.07) is 10.8. The van der Waals surface area contributed by atoms with E-state index in [1.807, 2.05) is 26.0 Å². The van der Waals surface area contributed by atoms with E-state index in [1.165, 1.54) is 11.1 Å². The van der Waals surface area contributed by atoms with Crippen LogP contribution in [0.25, 0.3) is 0 Å². The molecule has 0 saturated carbocycles. The molecule has 0 amide bonds. The van der Waals surface area contributed by atoms with Gasteiger partial charge < -0.3 is 14.5 Å². The van der Waals surface area contributed by atoms with E-state index in [4.69, 9.17) is 9.15 Å². The molecular weight excluding hydrogens is 262 g/mol. The van der Waals surface area contributed by atoms with Gasteiger partial charge in [-0.25, -0.2) is 0 Å². The maximum Gasteiger partial charge on any atom is 0.119 e. The molecule has 1 N–H and O–H groups in total. The molecular formula is C18H25NO2. The van der Waals surface area contributed by atoms with Crippen molar-refractivity contribution in [2.45, 2.75) is 46.7 Å². The monoisotopic (exact) mass is 287 g/mol. The van der Waals surface area contributed by atoms with Crippen LogP contribution in [0.15, 0.2) is 34.7 Å². The summed E-state index contributed by atoms with van der Waals surface area (Å²) >= 11 is 0. The Morgan fingerprint density at radius 1 is 1.10 bits per heavy atom. The summed E-state index contributed by atoms with van der Waals surface area (Å²) in [5, 5.41) is 3.55. The molecule has 2 aromatic rings. The van der Waals surface area contributed by atoms with Gasteiger partial charge in [-0.15, -0.1) is 0 Å². The summed E-state index contributed by atoms with van der Waals surface area (Å²) < 4.78 is 11.4. The molecule has 1 aromatic carbocycles. The van der Waals surface area contributed by atoms with Gasteiger partial charge in [0.1, 0.15) is 23.9 Å². The van der Waals surface area contributed by atoms with Gasteiger partial charge in [0.2, 0.25) is 0 Å². The molecule has 1 aromatic heterocycles. The summed E-state index contributed by atoms with van der Waals surface area (Å²) in [6.07, 6.45) is 0. The zero-order chi connectivity index (χ0) is 15.4. The Morgan fingerprint density at radius 3 is 2.33 bits per heavy atom. The van der Waals surface area contributed by atoms with E-state index in [0.29, 0.717) is 6.61 Å². The lowest BCUT2D eigenvalue weighted by Gasteiger charge is -2.20. The van der Waals surface area contributed by atoms with Crippen LogP contribution in [0.1, 0.15) is 42.5 Å². The van der Waals surface area contributed by atoms with E-state index in [9.17, 15) is 0 Å². The average Bonchev–Trinajstić information content (AvgIpc) is 2.77. The quantitative estimate of drug-likeness (QED) is 0.859. The van der Waals surface area contributed by atoms with Crippen molar-refractivity contribution >= 4 is 0 Å². The van der Waals surface area contributed by atoms with Gasteiger partial charge in [-0.1, -0.05) is 17.7 Å². The van der Waals surface area contributed by atoms with Crippen molar-refractivity contribution in [3.05, 3.63) is 53.0 Å². The third-order valence-electron chi connectivity index (χ3n) is 3.60. The number of aryl methyl sites for hydroxylation is 3. The van der Waals surface area contributed by atoms with Gasteiger partial charge in [-0.3, -0.25) is 0 Å². The molecule has 0 aliphatic heterocycles. The average molecular weight is 287 g/mol. The molecule has 3 nitrogen and oxygen atoms in total. The summed E-state index contributed by atoms with van der Waals surface area (Å²) in [5.74, 6) is 2.86. The Labute approximate surface area is 127 Å². The van der Waals surface area contributed by atoms with Crippen molar-refractivity contribution in [3.63, 3.8) is 0 Å². The number of furan rings is 1. The van der Waals surface area contributed by atoms with Crippen LogP contribution in [0, 0.1) is 20.8 Å². The SMILES string of the molecule is Cc1ccc(OCC(C)NC(C)c2cc(C)oc2C)cc1. The highest BCUT2D eigenvalue weighted by atomic mass is 16.5. The Kier molecular flexibility index (Phi) is 5.07. The van der Waals surface area contributed by atoms with Gasteiger partial charge in [0.05, 0.1) is 0 Å². The Bertz CT molecular complexity index is 571. The second-order valence-electron chi connectivity index (χ2n) is 5.78. The summed E-state index contributed by atoms with van der Waals surface area (Å²) in [6.45, 7) is 11.0. The standard InChI is InChI=1S/C18H25NO2/c1-12-6-8-17(9-7-12)20-11-13(2)19-15(4)18-10-14(3)21-16(18)5/h6-10,13,15,19H,11H2,1-5H3. The Hall–Kier alpha value is -1.74.